The van der Waals surface area contributed by atoms with Crippen molar-refractivity contribution in [3.8, 4) is 11.5 Å². The summed E-state index contributed by atoms with van der Waals surface area (Å²) in [6.45, 7) is 13.0. The maximum atomic E-state index is 12.6. The summed E-state index contributed by atoms with van der Waals surface area (Å²) in [5.74, 6) is 2.15. The van der Waals surface area contributed by atoms with Gasteiger partial charge in [0.2, 0.25) is 0 Å². The average Bonchev–Trinajstić information content (AvgIpc) is 2.65. The number of carbonyl (C=O) groups is 1. The zero-order valence-corrected chi connectivity index (χ0v) is 19.6. The normalized spacial score (nSPS) is 11.2. The van der Waals surface area contributed by atoms with E-state index in [0.29, 0.717) is 23.3 Å². The summed E-state index contributed by atoms with van der Waals surface area (Å²) >= 11 is 0. The van der Waals surface area contributed by atoms with E-state index in [1.165, 1.54) is 11.1 Å². The Balaban J connectivity index is 2.20. The minimum absolute atomic E-state index is 0.476. The lowest BCUT2D eigenvalue weighted by atomic mass is 9.98. The monoisotopic (exact) mass is 410 g/mol. The van der Waals surface area contributed by atoms with Crippen LogP contribution in [0.5, 0.6) is 11.5 Å². The number of benzene rings is 2. The zero-order chi connectivity index (χ0) is 22.1. The Kier molecular flexibility index (Phi) is 9.42. The summed E-state index contributed by atoms with van der Waals surface area (Å²) in [4.78, 5) is 12.6. The number of rotatable bonds is 10. The van der Waals surface area contributed by atoms with Crippen molar-refractivity contribution in [3.05, 3.63) is 58.7 Å². The van der Waals surface area contributed by atoms with Crippen molar-refractivity contribution in [1.29, 1.82) is 0 Å². The molecular weight excluding hydrogens is 372 g/mol. The molecule has 30 heavy (non-hydrogen) atoms. The zero-order valence-electron chi connectivity index (χ0n) is 19.6. The number of hydrogen-bond donors (Lipinski definition) is 0. The van der Waals surface area contributed by atoms with Crippen LogP contribution in [-0.2, 0) is 25.7 Å². The van der Waals surface area contributed by atoms with Gasteiger partial charge in [0.1, 0.15) is 11.5 Å². The molecular formula is C27H38O3. The van der Waals surface area contributed by atoms with Crippen molar-refractivity contribution in [2.75, 3.05) is 0 Å². The minimum atomic E-state index is -0.670. The second-order valence-corrected chi connectivity index (χ2v) is 9.03. The van der Waals surface area contributed by atoms with Crippen LogP contribution < -0.4 is 9.47 Å². The molecule has 0 fully saturated rings. The molecule has 0 bridgehead atoms. The van der Waals surface area contributed by atoms with Crippen LogP contribution in [0.3, 0.4) is 0 Å². The third kappa shape index (κ3) is 7.51. The van der Waals surface area contributed by atoms with E-state index in [1.54, 1.807) is 0 Å². The predicted octanol–water partition coefficient (Wildman–Crippen LogP) is 7.57. The SMILES string of the molecule is CCCc1ccc(OC(=O)Oc2ccc(CCC)cc2CC(C)C)c(CC(C)C)c1. The van der Waals surface area contributed by atoms with E-state index < -0.39 is 6.16 Å². The molecule has 0 saturated carbocycles. The van der Waals surface area contributed by atoms with Crippen LogP contribution >= 0.6 is 0 Å². The van der Waals surface area contributed by atoms with Gasteiger partial charge in [-0.25, -0.2) is 4.79 Å². The Morgan fingerprint density at radius 2 is 1.13 bits per heavy atom. The molecule has 0 heterocycles. The molecule has 0 unspecified atom stereocenters. The van der Waals surface area contributed by atoms with Crippen LogP contribution in [0.1, 0.15) is 76.6 Å². The summed E-state index contributed by atoms with van der Waals surface area (Å²) in [7, 11) is 0. The molecule has 2 aromatic carbocycles. The first-order chi connectivity index (χ1) is 14.3. The summed E-state index contributed by atoms with van der Waals surface area (Å²) in [5, 5.41) is 0. The molecule has 0 spiro atoms. The van der Waals surface area contributed by atoms with Crippen molar-refractivity contribution in [2.45, 2.75) is 80.1 Å². The first-order valence-corrected chi connectivity index (χ1v) is 11.5. The number of aryl methyl sites for hydroxylation is 2. The molecule has 0 aliphatic rings. The Bertz CT molecular complexity index is 753. The van der Waals surface area contributed by atoms with Crippen LogP contribution in [0.15, 0.2) is 36.4 Å². The maximum absolute atomic E-state index is 12.6. The highest BCUT2D eigenvalue weighted by Gasteiger charge is 2.16. The van der Waals surface area contributed by atoms with Gasteiger partial charge in [0.25, 0.3) is 0 Å². The van der Waals surface area contributed by atoms with Crippen molar-refractivity contribution in [3.63, 3.8) is 0 Å². The molecule has 2 rings (SSSR count). The predicted molar refractivity (Wildman–Crippen MR) is 125 cm³/mol. The van der Waals surface area contributed by atoms with Gasteiger partial charge in [-0.1, -0.05) is 78.6 Å². The fourth-order valence-electron chi connectivity index (χ4n) is 3.75. The molecule has 0 aliphatic carbocycles. The van der Waals surface area contributed by atoms with Crippen molar-refractivity contribution in [1.82, 2.24) is 0 Å². The molecule has 164 valence electrons. The Hall–Kier alpha value is -2.29. The molecule has 0 amide bonds. The smallest absolute Gasteiger partial charge is 0.394 e. The lowest BCUT2D eigenvalue weighted by Crippen LogP contribution is -2.16. The van der Waals surface area contributed by atoms with Crippen molar-refractivity contribution < 1.29 is 14.3 Å². The summed E-state index contributed by atoms with van der Waals surface area (Å²) in [6, 6.07) is 12.2. The molecule has 3 heteroatoms. The fourth-order valence-corrected chi connectivity index (χ4v) is 3.75. The second-order valence-electron chi connectivity index (χ2n) is 9.03. The van der Waals surface area contributed by atoms with E-state index >= 15 is 0 Å². The molecule has 0 atom stereocenters. The third-order valence-corrected chi connectivity index (χ3v) is 4.97. The number of hydrogen-bond acceptors (Lipinski definition) is 3. The second kappa shape index (κ2) is 11.8. The minimum Gasteiger partial charge on any atom is -0.394 e. The van der Waals surface area contributed by atoms with E-state index in [-0.39, 0.29) is 0 Å². The van der Waals surface area contributed by atoms with Crippen molar-refractivity contribution >= 4 is 6.16 Å². The Morgan fingerprint density at radius 3 is 1.47 bits per heavy atom. The van der Waals surface area contributed by atoms with Gasteiger partial charge in [-0.2, -0.15) is 0 Å². The molecule has 0 N–H and O–H groups in total. The molecule has 0 saturated heterocycles. The molecule has 2 aromatic rings. The van der Waals surface area contributed by atoms with Gasteiger partial charge in [0.15, 0.2) is 0 Å². The quantitative estimate of drug-likeness (QED) is 0.299. The topological polar surface area (TPSA) is 35.5 Å². The van der Waals surface area contributed by atoms with Gasteiger partial charge in [-0.05, 0) is 71.9 Å². The fraction of sp³-hybridized carbons (Fsp3) is 0.519. The van der Waals surface area contributed by atoms with E-state index in [9.17, 15) is 4.79 Å². The van der Waals surface area contributed by atoms with Gasteiger partial charge >= 0.3 is 6.16 Å². The van der Waals surface area contributed by atoms with Crippen LogP contribution in [0.4, 0.5) is 4.79 Å². The average molecular weight is 411 g/mol. The van der Waals surface area contributed by atoms with E-state index in [0.717, 1.165) is 49.7 Å². The highest BCUT2D eigenvalue weighted by atomic mass is 16.7. The number of ether oxygens (including phenoxy) is 2. The van der Waals surface area contributed by atoms with Gasteiger partial charge in [0.05, 0.1) is 0 Å². The largest absolute Gasteiger partial charge is 0.519 e. The van der Waals surface area contributed by atoms with E-state index in [4.69, 9.17) is 9.47 Å². The highest BCUT2D eigenvalue weighted by Crippen LogP contribution is 2.27. The van der Waals surface area contributed by atoms with E-state index in [2.05, 4.69) is 53.7 Å². The first kappa shape index (κ1) is 24.0. The van der Waals surface area contributed by atoms with Crippen molar-refractivity contribution in [2.24, 2.45) is 11.8 Å². The summed E-state index contributed by atoms with van der Waals surface area (Å²) in [5.41, 5.74) is 4.68. The van der Waals surface area contributed by atoms with E-state index in [1.807, 2.05) is 24.3 Å². The lowest BCUT2D eigenvalue weighted by molar-refractivity contribution is 0.150. The maximum Gasteiger partial charge on any atom is 0.519 e. The van der Waals surface area contributed by atoms with Gasteiger partial charge in [-0.15, -0.1) is 0 Å². The van der Waals surface area contributed by atoms with Crippen LogP contribution in [0.2, 0.25) is 0 Å². The summed E-state index contributed by atoms with van der Waals surface area (Å²) in [6.07, 6.45) is 5.30. The first-order valence-electron chi connectivity index (χ1n) is 11.5. The van der Waals surface area contributed by atoms with Gasteiger partial charge in [-0.3, -0.25) is 0 Å². The Morgan fingerprint density at radius 1 is 0.733 bits per heavy atom. The molecule has 3 nitrogen and oxygen atoms in total. The molecule has 0 aromatic heterocycles. The standard InChI is InChI=1S/C27H38O3/c1-7-9-21-11-13-25(23(17-21)15-19(3)4)29-27(28)30-26-14-12-22(10-8-2)18-24(26)16-20(5)6/h11-14,17-20H,7-10,15-16H2,1-6H3. The highest BCUT2D eigenvalue weighted by molar-refractivity contribution is 5.68. The number of carbonyl (C=O) groups excluding carboxylic acids is 1. The van der Waals surface area contributed by atoms with Crippen LogP contribution in [0.25, 0.3) is 0 Å². The molecule has 0 aliphatic heterocycles. The Labute approximate surface area is 182 Å². The van der Waals surface area contributed by atoms with Crippen LogP contribution in [0, 0.1) is 11.8 Å². The van der Waals surface area contributed by atoms with Crippen LogP contribution in [-0.4, -0.2) is 6.16 Å². The van der Waals surface area contributed by atoms with Gasteiger partial charge in [0, 0.05) is 0 Å². The third-order valence-electron chi connectivity index (χ3n) is 4.97. The lowest BCUT2D eigenvalue weighted by Gasteiger charge is -2.16. The van der Waals surface area contributed by atoms with Gasteiger partial charge < -0.3 is 9.47 Å². The molecule has 0 radical (unpaired) electrons. The summed E-state index contributed by atoms with van der Waals surface area (Å²) < 4.78 is 11.3.